The highest BCUT2D eigenvalue weighted by molar-refractivity contribution is 6.07. The molecular formula is C29H33NO5. The molecule has 3 aromatic rings. The predicted octanol–water partition coefficient (Wildman–Crippen LogP) is 5.98. The van der Waals surface area contributed by atoms with Crippen molar-refractivity contribution in [3.05, 3.63) is 89.5 Å². The zero-order valence-electron chi connectivity index (χ0n) is 20.6. The second kappa shape index (κ2) is 12.6. The van der Waals surface area contributed by atoms with Crippen molar-refractivity contribution in [3.63, 3.8) is 0 Å². The highest BCUT2D eigenvalue weighted by Gasteiger charge is 2.18. The van der Waals surface area contributed by atoms with E-state index in [4.69, 9.17) is 14.6 Å². The lowest BCUT2D eigenvalue weighted by Crippen LogP contribution is -2.26. The van der Waals surface area contributed by atoms with Crippen LogP contribution in [0.3, 0.4) is 0 Å². The molecule has 0 fully saturated rings. The summed E-state index contributed by atoms with van der Waals surface area (Å²) < 4.78 is 11.6. The van der Waals surface area contributed by atoms with Gasteiger partial charge in [0.1, 0.15) is 18.1 Å². The van der Waals surface area contributed by atoms with E-state index in [-0.39, 0.29) is 18.9 Å². The van der Waals surface area contributed by atoms with Crippen LogP contribution in [0.2, 0.25) is 0 Å². The van der Waals surface area contributed by atoms with Gasteiger partial charge in [-0.3, -0.25) is 9.59 Å². The van der Waals surface area contributed by atoms with Gasteiger partial charge in [-0.15, -0.1) is 0 Å². The molecule has 0 aliphatic heterocycles. The summed E-state index contributed by atoms with van der Waals surface area (Å²) in [6.07, 6.45) is 1.46. The summed E-state index contributed by atoms with van der Waals surface area (Å²) >= 11 is 0. The third-order valence-corrected chi connectivity index (χ3v) is 5.51. The molecule has 0 aliphatic rings. The van der Waals surface area contributed by atoms with Gasteiger partial charge in [-0.1, -0.05) is 50.2 Å². The van der Waals surface area contributed by atoms with Crippen molar-refractivity contribution in [3.8, 4) is 11.5 Å². The Morgan fingerprint density at radius 1 is 0.886 bits per heavy atom. The monoisotopic (exact) mass is 475 g/mol. The van der Waals surface area contributed by atoms with E-state index in [1.165, 1.54) is 5.56 Å². The van der Waals surface area contributed by atoms with Crippen LogP contribution in [0.1, 0.15) is 48.2 Å². The first-order valence-electron chi connectivity index (χ1n) is 11.9. The minimum atomic E-state index is -0.871. The van der Waals surface area contributed by atoms with Gasteiger partial charge >= 0.3 is 5.97 Å². The Morgan fingerprint density at radius 2 is 1.54 bits per heavy atom. The van der Waals surface area contributed by atoms with Gasteiger partial charge in [0.05, 0.1) is 12.2 Å². The van der Waals surface area contributed by atoms with Gasteiger partial charge in [-0.25, -0.2) is 0 Å². The molecule has 0 saturated heterocycles. The molecule has 0 atom stereocenters. The van der Waals surface area contributed by atoms with E-state index in [1.54, 1.807) is 36.2 Å². The maximum Gasteiger partial charge on any atom is 0.303 e. The van der Waals surface area contributed by atoms with Gasteiger partial charge in [0.25, 0.3) is 5.91 Å². The first-order valence-corrected chi connectivity index (χ1v) is 11.9. The zero-order valence-corrected chi connectivity index (χ0v) is 20.6. The normalized spacial score (nSPS) is 10.7. The van der Waals surface area contributed by atoms with Crippen LogP contribution in [0, 0.1) is 5.92 Å². The molecule has 3 aromatic carbocycles. The largest absolute Gasteiger partial charge is 0.493 e. The number of carbonyl (C=O) groups excluding carboxylic acids is 1. The Labute approximate surface area is 207 Å². The van der Waals surface area contributed by atoms with Gasteiger partial charge in [0, 0.05) is 19.2 Å². The minimum Gasteiger partial charge on any atom is -0.493 e. The number of nitrogens with zero attached hydrogens (tertiary/aromatic N) is 1. The SMILES string of the molecule is CC(C)Cc1ccc(COc2ccc(N(C)C(=O)c3ccccc3OCCCC(=O)O)cc2)cc1. The van der Waals surface area contributed by atoms with E-state index in [0.717, 1.165) is 23.4 Å². The van der Waals surface area contributed by atoms with Crippen molar-refractivity contribution < 1.29 is 24.2 Å². The summed E-state index contributed by atoms with van der Waals surface area (Å²) in [5, 5.41) is 8.77. The van der Waals surface area contributed by atoms with Crippen molar-refractivity contribution in [2.24, 2.45) is 5.92 Å². The topological polar surface area (TPSA) is 76.1 Å². The highest BCUT2D eigenvalue weighted by Crippen LogP contribution is 2.25. The number of carbonyl (C=O) groups is 2. The number of benzene rings is 3. The molecule has 0 unspecified atom stereocenters. The number of hydrogen-bond acceptors (Lipinski definition) is 4. The first-order chi connectivity index (χ1) is 16.8. The van der Waals surface area contributed by atoms with Crippen molar-refractivity contribution >= 4 is 17.6 Å². The molecule has 1 N–H and O–H groups in total. The summed E-state index contributed by atoms with van der Waals surface area (Å²) in [4.78, 5) is 25.4. The number of para-hydroxylation sites is 1. The lowest BCUT2D eigenvalue weighted by atomic mass is 10.0. The molecular weight excluding hydrogens is 442 g/mol. The summed E-state index contributed by atoms with van der Waals surface area (Å²) in [7, 11) is 1.71. The Hall–Kier alpha value is -3.80. The number of amides is 1. The molecule has 184 valence electrons. The third kappa shape index (κ3) is 7.88. The smallest absolute Gasteiger partial charge is 0.303 e. The van der Waals surface area contributed by atoms with Crippen molar-refractivity contribution in [1.82, 2.24) is 0 Å². The van der Waals surface area contributed by atoms with Crippen LogP contribution in [0.5, 0.6) is 11.5 Å². The average molecular weight is 476 g/mol. The fourth-order valence-electron chi connectivity index (χ4n) is 3.65. The molecule has 0 aliphatic carbocycles. The molecule has 6 nitrogen and oxygen atoms in total. The van der Waals surface area contributed by atoms with Gasteiger partial charge in [-0.05, 0) is 66.3 Å². The molecule has 1 amide bonds. The molecule has 0 aromatic heterocycles. The van der Waals surface area contributed by atoms with Crippen molar-refractivity contribution in [2.45, 2.75) is 39.7 Å². The van der Waals surface area contributed by atoms with Crippen LogP contribution in [-0.4, -0.2) is 30.6 Å². The zero-order chi connectivity index (χ0) is 25.2. The van der Waals surface area contributed by atoms with Gasteiger partial charge < -0.3 is 19.5 Å². The Kier molecular flexibility index (Phi) is 9.30. The summed E-state index contributed by atoms with van der Waals surface area (Å²) in [6.45, 7) is 5.13. The summed E-state index contributed by atoms with van der Waals surface area (Å²) in [5.41, 5.74) is 3.58. The van der Waals surface area contributed by atoms with E-state index in [9.17, 15) is 9.59 Å². The fourth-order valence-corrected chi connectivity index (χ4v) is 3.65. The first kappa shape index (κ1) is 25.8. The maximum absolute atomic E-state index is 13.1. The summed E-state index contributed by atoms with van der Waals surface area (Å²) in [5.74, 6) is 0.709. The van der Waals surface area contributed by atoms with E-state index >= 15 is 0 Å². The standard InChI is InChI=1S/C29H33NO5/c1-21(2)19-22-10-12-23(13-11-22)20-35-25-16-14-24(15-17-25)30(3)29(33)26-7-4-5-8-27(26)34-18-6-9-28(31)32/h4-5,7-8,10-17,21H,6,9,18-20H2,1-3H3,(H,31,32). The van der Waals surface area contributed by atoms with E-state index < -0.39 is 5.97 Å². The molecule has 0 saturated carbocycles. The molecule has 0 radical (unpaired) electrons. The molecule has 0 bridgehead atoms. The predicted molar refractivity (Wildman–Crippen MR) is 137 cm³/mol. The Morgan fingerprint density at radius 3 is 2.20 bits per heavy atom. The fraction of sp³-hybridized carbons (Fsp3) is 0.310. The third-order valence-electron chi connectivity index (χ3n) is 5.51. The van der Waals surface area contributed by atoms with E-state index in [1.807, 2.05) is 24.3 Å². The number of anilines is 1. The number of carboxylic acids is 1. The van der Waals surface area contributed by atoms with Gasteiger partial charge in [-0.2, -0.15) is 0 Å². The second-order valence-corrected chi connectivity index (χ2v) is 8.90. The second-order valence-electron chi connectivity index (χ2n) is 8.90. The van der Waals surface area contributed by atoms with Crippen LogP contribution >= 0.6 is 0 Å². The number of hydrogen-bond donors (Lipinski definition) is 1. The van der Waals surface area contributed by atoms with Crippen LogP contribution in [0.15, 0.2) is 72.8 Å². The lowest BCUT2D eigenvalue weighted by Gasteiger charge is -2.20. The average Bonchev–Trinajstić information content (AvgIpc) is 2.85. The number of aliphatic carboxylic acids is 1. The molecule has 0 heterocycles. The van der Waals surface area contributed by atoms with E-state index in [2.05, 4.69) is 38.1 Å². The van der Waals surface area contributed by atoms with Crippen LogP contribution in [0.25, 0.3) is 0 Å². The number of carboxylic acid groups (broad SMARTS) is 1. The summed E-state index contributed by atoms with van der Waals surface area (Å²) in [6, 6.07) is 22.9. The molecule has 6 heteroatoms. The van der Waals surface area contributed by atoms with Gasteiger partial charge in [0.15, 0.2) is 0 Å². The molecule has 3 rings (SSSR count). The quantitative estimate of drug-likeness (QED) is 0.326. The van der Waals surface area contributed by atoms with Crippen LogP contribution in [0.4, 0.5) is 5.69 Å². The minimum absolute atomic E-state index is 0.0217. The van der Waals surface area contributed by atoms with Crippen LogP contribution < -0.4 is 14.4 Å². The molecule has 35 heavy (non-hydrogen) atoms. The Balaban J connectivity index is 1.58. The highest BCUT2D eigenvalue weighted by atomic mass is 16.5. The molecule has 0 spiro atoms. The van der Waals surface area contributed by atoms with Crippen molar-refractivity contribution in [2.75, 3.05) is 18.6 Å². The Bertz CT molecular complexity index is 1110. The van der Waals surface area contributed by atoms with Crippen molar-refractivity contribution in [1.29, 1.82) is 0 Å². The van der Waals surface area contributed by atoms with E-state index in [0.29, 0.717) is 30.3 Å². The van der Waals surface area contributed by atoms with Crippen LogP contribution in [-0.2, 0) is 17.8 Å². The number of rotatable bonds is 12. The lowest BCUT2D eigenvalue weighted by molar-refractivity contribution is -0.137. The number of ether oxygens (including phenoxy) is 2. The maximum atomic E-state index is 13.1. The van der Waals surface area contributed by atoms with Gasteiger partial charge in [0.2, 0.25) is 0 Å².